The number of nitrogens with one attached hydrogen (secondary N) is 1. The number of hydrogen-bond acceptors (Lipinski definition) is 3. The molecule has 0 saturated heterocycles. The molecule has 2 atom stereocenters. The van der Waals surface area contributed by atoms with Gasteiger partial charge in [-0.2, -0.15) is 13.2 Å². The van der Waals surface area contributed by atoms with Gasteiger partial charge in [0.05, 0.1) is 5.56 Å². The second kappa shape index (κ2) is 7.61. The first kappa shape index (κ1) is 16.9. The van der Waals surface area contributed by atoms with Gasteiger partial charge in [-0.25, -0.2) is 0 Å². The molecule has 0 fully saturated rings. The molecule has 2 unspecified atom stereocenters. The first-order valence-electron chi connectivity index (χ1n) is 6.48. The van der Waals surface area contributed by atoms with Gasteiger partial charge in [0.15, 0.2) is 0 Å². The van der Waals surface area contributed by atoms with Crippen molar-refractivity contribution in [1.82, 2.24) is 5.43 Å². The molecule has 0 aliphatic heterocycles. The lowest BCUT2D eigenvalue weighted by Crippen LogP contribution is -2.38. The SMILES string of the molecule is COCC(C)CC(Cc1cccc(C(F)(F)F)c1)NN. The summed E-state index contributed by atoms with van der Waals surface area (Å²) in [4.78, 5) is 0. The predicted octanol–water partition coefficient (Wildman–Crippen LogP) is 2.75. The van der Waals surface area contributed by atoms with Crippen LogP contribution in [0.4, 0.5) is 13.2 Å². The Morgan fingerprint density at radius 1 is 1.35 bits per heavy atom. The van der Waals surface area contributed by atoms with Crippen molar-refractivity contribution in [3.63, 3.8) is 0 Å². The summed E-state index contributed by atoms with van der Waals surface area (Å²) in [5, 5.41) is 0. The molecule has 0 radical (unpaired) electrons. The van der Waals surface area contributed by atoms with E-state index in [1.807, 2.05) is 6.92 Å². The monoisotopic (exact) mass is 290 g/mol. The highest BCUT2D eigenvalue weighted by Gasteiger charge is 2.30. The lowest BCUT2D eigenvalue weighted by Gasteiger charge is -2.20. The van der Waals surface area contributed by atoms with Gasteiger partial charge in [-0.05, 0) is 30.4 Å². The van der Waals surface area contributed by atoms with Gasteiger partial charge < -0.3 is 4.74 Å². The van der Waals surface area contributed by atoms with Crippen molar-refractivity contribution in [2.24, 2.45) is 11.8 Å². The molecule has 0 bridgehead atoms. The zero-order chi connectivity index (χ0) is 15.2. The summed E-state index contributed by atoms with van der Waals surface area (Å²) in [5.74, 6) is 5.76. The van der Waals surface area contributed by atoms with Crippen LogP contribution in [-0.2, 0) is 17.3 Å². The van der Waals surface area contributed by atoms with Gasteiger partial charge in [0.1, 0.15) is 0 Å². The summed E-state index contributed by atoms with van der Waals surface area (Å²) >= 11 is 0. The molecule has 1 aromatic rings. The third-order valence-corrected chi connectivity index (χ3v) is 3.11. The Labute approximate surface area is 117 Å². The molecule has 20 heavy (non-hydrogen) atoms. The third kappa shape index (κ3) is 5.48. The molecule has 0 aromatic heterocycles. The molecule has 3 nitrogen and oxygen atoms in total. The van der Waals surface area contributed by atoms with Crippen molar-refractivity contribution in [2.75, 3.05) is 13.7 Å². The minimum atomic E-state index is -4.31. The van der Waals surface area contributed by atoms with Crippen LogP contribution in [0.25, 0.3) is 0 Å². The van der Waals surface area contributed by atoms with Crippen molar-refractivity contribution in [3.05, 3.63) is 35.4 Å². The summed E-state index contributed by atoms with van der Waals surface area (Å²) in [6.45, 7) is 2.61. The van der Waals surface area contributed by atoms with Gasteiger partial charge in [0.2, 0.25) is 0 Å². The predicted molar refractivity (Wildman–Crippen MR) is 71.9 cm³/mol. The number of ether oxygens (including phenoxy) is 1. The van der Waals surface area contributed by atoms with Gasteiger partial charge in [0, 0.05) is 19.8 Å². The Bertz CT molecular complexity index is 410. The molecule has 0 heterocycles. The Morgan fingerprint density at radius 3 is 2.60 bits per heavy atom. The summed E-state index contributed by atoms with van der Waals surface area (Å²) in [7, 11) is 1.62. The summed E-state index contributed by atoms with van der Waals surface area (Å²) in [6.07, 6.45) is -3.12. The number of nitrogens with two attached hydrogens (primary N) is 1. The topological polar surface area (TPSA) is 47.3 Å². The highest BCUT2D eigenvalue weighted by atomic mass is 19.4. The minimum Gasteiger partial charge on any atom is -0.384 e. The van der Waals surface area contributed by atoms with E-state index in [9.17, 15) is 13.2 Å². The van der Waals surface area contributed by atoms with Gasteiger partial charge in [-0.15, -0.1) is 0 Å². The van der Waals surface area contributed by atoms with E-state index in [2.05, 4.69) is 5.43 Å². The quantitative estimate of drug-likeness (QED) is 0.599. The molecular weight excluding hydrogens is 269 g/mol. The van der Waals surface area contributed by atoms with E-state index >= 15 is 0 Å². The molecule has 0 aliphatic rings. The van der Waals surface area contributed by atoms with Crippen LogP contribution in [0.5, 0.6) is 0 Å². The van der Waals surface area contributed by atoms with E-state index in [0.29, 0.717) is 18.6 Å². The van der Waals surface area contributed by atoms with Crippen molar-refractivity contribution >= 4 is 0 Å². The van der Waals surface area contributed by atoms with E-state index in [4.69, 9.17) is 10.6 Å². The Balaban J connectivity index is 2.70. The minimum absolute atomic E-state index is 0.0800. The van der Waals surface area contributed by atoms with Crippen LogP contribution in [0.2, 0.25) is 0 Å². The summed E-state index contributed by atoms with van der Waals surface area (Å²) in [6, 6.07) is 5.27. The second-order valence-corrected chi connectivity index (χ2v) is 5.06. The standard InChI is InChI=1S/C14H21F3N2O/c1-10(9-20-2)6-13(19-18)8-11-4-3-5-12(7-11)14(15,16)17/h3-5,7,10,13,19H,6,8-9,18H2,1-2H3. The molecule has 114 valence electrons. The van der Waals surface area contributed by atoms with Gasteiger partial charge in [0.25, 0.3) is 0 Å². The highest BCUT2D eigenvalue weighted by Crippen LogP contribution is 2.29. The van der Waals surface area contributed by atoms with Crippen LogP contribution >= 0.6 is 0 Å². The van der Waals surface area contributed by atoms with Crippen molar-refractivity contribution in [2.45, 2.75) is 32.0 Å². The number of hydrogen-bond donors (Lipinski definition) is 2. The van der Waals surface area contributed by atoms with E-state index in [1.54, 1.807) is 13.2 Å². The Kier molecular flexibility index (Phi) is 6.45. The van der Waals surface area contributed by atoms with E-state index in [0.717, 1.165) is 12.5 Å². The van der Waals surface area contributed by atoms with Crippen LogP contribution in [0.15, 0.2) is 24.3 Å². The number of hydrazine groups is 1. The van der Waals surface area contributed by atoms with E-state index in [-0.39, 0.29) is 12.0 Å². The first-order valence-corrected chi connectivity index (χ1v) is 6.48. The Hall–Kier alpha value is -1.11. The lowest BCUT2D eigenvalue weighted by atomic mass is 9.96. The average Bonchev–Trinajstić information content (AvgIpc) is 2.37. The van der Waals surface area contributed by atoms with Gasteiger partial charge in [-0.3, -0.25) is 11.3 Å². The van der Waals surface area contributed by atoms with Crippen LogP contribution in [-0.4, -0.2) is 19.8 Å². The zero-order valence-corrected chi connectivity index (χ0v) is 11.7. The number of methoxy groups -OCH3 is 1. The molecule has 0 spiro atoms. The summed E-state index contributed by atoms with van der Waals surface area (Å²) in [5.41, 5.74) is 2.65. The van der Waals surface area contributed by atoms with Crippen LogP contribution in [0, 0.1) is 5.92 Å². The van der Waals surface area contributed by atoms with E-state index < -0.39 is 11.7 Å². The fraction of sp³-hybridized carbons (Fsp3) is 0.571. The van der Waals surface area contributed by atoms with Crippen molar-refractivity contribution < 1.29 is 17.9 Å². The number of halogens is 3. The van der Waals surface area contributed by atoms with Gasteiger partial charge in [-0.1, -0.05) is 25.1 Å². The molecule has 1 rings (SSSR count). The molecule has 0 aliphatic carbocycles. The third-order valence-electron chi connectivity index (χ3n) is 3.11. The fourth-order valence-electron chi connectivity index (χ4n) is 2.21. The maximum absolute atomic E-state index is 12.6. The molecule has 6 heteroatoms. The normalized spacial score (nSPS) is 15.1. The molecular formula is C14H21F3N2O. The number of benzene rings is 1. The molecule has 1 aromatic carbocycles. The molecule has 0 amide bonds. The van der Waals surface area contributed by atoms with E-state index in [1.165, 1.54) is 12.1 Å². The van der Waals surface area contributed by atoms with Crippen molar-refractivity contribution in [1.29, 1.82) is 0 Å². The van der Waals surface area contributed by atoms with Crippen LogP contribution < -0.4 is 11.3 Å². The lowest BCUT2D eigenvalue weighted by molar-refractivity contribution is -0.137. The average molecular weight is 290 g/mol. The maximum Gasteiger partial charge on any atom is 0.416 e. The first-order chi connectivity index (χ1) is 9.36. The Morgan fingerprint density at radius 2 is 2.05 bits per heavy atom. The molecule has 3 N–H and O–H groups in total. The largest absolute Gasteiger partial charge is 0.416 e. The highest BCUT2D eigenvalue weighted by molar-refractivity contribution is 5.26. The van der Waals surface area contributed by atoms with Gasteiger partial charge >= 0.3 is 6.18 Å². The number of alkyl halides is 3. The summed E-state index contributed by atoms with van der Waals surface area (Å²) < 4.78 is 43.0. The number of rotatable bonds is 7. The van der Waals surface area contributed by atoms with Crippen LogP contribution in [0.1, 0.15) is 24.5 Å². The smallest absolute Gasteiger partial charge is 0.384 e. The zero-order valence-electron chi connectivity index (χ0n) is 11.7. The van der Waals surface area contributed by atoms with Crippen molar-refractivity contribution in [3.8, 4) is 0 Å². The molecule has 0 saturated carbocycles. The second-order valence-electron chi connectivity index (χ2n) is 5.06. The fourth-order valence-corrected chi connectivity index (χ4v) is 2.21. The maximum atomic E-state index is 12.6. The van der Waals surface area contributed by atoms with Crippen LogP contribution in [0.3, 0.4) is 0 Å².